The number of nitro groups is 1. The molecule has 1 aromatic carbocycles. The number of hydrogen-bond acceptors (Lipinski definition) is 5. The van der Waals surface area contributed by atoms with E-state index in [1.165, 1.54) is 0 Å². The number of ether oxygens (including phenoxy) is 1. The molecule has 1 atom stereocenters. The summed E-state index contributed by atoms with van der Waals surface area (Å²) in [5, 5.41) is 11.5. The van der Waals surface area contributed by atoms with Gasteiger partial charge in [-0.2, -0.15) is 0 Å². The Labute approximate surface area is 123 Å². The topological polar surface area (TPSA) is 72.7 Å². The number of nitro benzene ring substituents is 1. The second kappa shape index (κ2) is 6.56. The van der Waals surface area contributed by atoms with Crippen molar-refractivity contribution in [1.82, 2.24) is 0 Å². The molecular formula is C15H20N2O4. The van der Waals surface area contributed by atoms with Gasteiger partial charge in [0.15, 0.2) is 5.75 Å². The van der Waals surface area contributed by atoms with Crippen molar-refractivity contribution in [3.63, 3.8) is 0 Å². The minimum absolute atomic E-state index is 0.0556. The van der Waals surface area contributed by atoms with Crippen LogP contribution in [0.15, 0.2) is 18.2 Å². The summed E-state index contributed by atoms with van der Waals surface area (Å²) in [7, 11) is 0. The lowest BCUT2D eigenvalue weighted by Crippen LogP contribution is -2.41. The van der Waals surface area contributed by atoms with Crippen LogP contribution in [0.4, 0.5) is 11.4 Å². The minimum atomic E-state index is -0.427. The molecule has 0 bridgehead atoms. The Balaban J connectivity index is 2.46. The lowest BCUT2D eigenvalue weighted by molar-refractivity contribution is -0.385. The Kier molecular flexibility index (Phi) is 4.77. The van der Waals surface area contributed by atoms with Crippen molar-refractivity contribution in [2.75, 3.05) is 11.4 Å². The molecule has 0 aromatic heterocycles. The van der Waals surface area contributed by atoms with Gasteiger partial charge in [-0.05, 0) is 45.2 Å². The molecule has 0 saturated carbocycles. The number of aldehydes is 1. The number of carbonyl (C=O) groups is 1. The van der Waals surface area contributed by atoms with Crippen molar-refractivity contribution in [2.45, 2.75) is 45.3 Å². The van der Waals surface area contributed by atoms with E-state index >= 15 is 0 Å². The second-order valence-electron chi connectivity index (χ2n) is 5.44. The molecule has 1 aromatic rings. The molecule has 1 aliphatic rings. The Morgan fingerprint density at radius 1 is 1.43 bits per heavy atom. The van der Waals surface area contributed by atoms with Gasteiger partial charge in [0.1, 0.15) is 12.0 Å². The van der Waals surface area contributed by atoms with Crippen LogP contribution in [0.1, 0.15) is 33.1 Å². The zero-order valence-corrected chi connectivity index (χ0v) is 12.3. The predicted molar refractivity (Wildman–Crippen MR) is 79.9 cm³/mol. The van der Waals surface area contributed by atoms with Crippen molar-refractivity contribution in [3.05, 3.63) is 28.3 Å². The van der Waals surface area contributed by atoms with Crippen LogP contribution < -0.4 is 9.64 Å². The molecule has 2 rings (SSSR count). The van der Waals surface area contributed by atoms with Gasteiger partial charge in [0.05, 0.1) is 17.1 Å². The van der Waals surface area contributed by atoms with Crippen molar-refractivity contribution in [2.24, 2.45) is 0 Å². The molecule has 21 heavy (non-hydrogen) atoms. The molecule has 0 aliphatic carbocycles. The van der Waals surface area contributed by atoms with E-state index in [9.17, 15) is 14.9 Å². The minimum Gasteiger partial charge on any atom is -0.484 e. The molecular weight excluding hydrogens is 272 g/mol. The molecule has 1 heterocycles. The lowest BCUT2D eigenvalue weighted by atomic mass is 10.0. The summed E-state index contributed by atoms with van der Waals surface area (Å²) < 4.78 is 5.55. The van der Waals surface area contributed by atoms with Crippen LogP contribution in [0.5, 0.6) is 5.75 Å². The van der Waals surface area contributed by atoms with Gasteiger partial charge in [-0.15, -0.1) is 0 Å². The summed E-state index contributed by atoms with van der Waals surface area (Å²) in [4.78, 5) is 24.1. The van der Waals surface area contributed by atoms with E-state index in [0.717, 1.165) is 25.5 Å². The van der Waals surface area contributed by atoms with Gasteiger partial charge in [0.25, 0.3) is 0 Å². The number of hydrogen-bond donors (Lipinski definition) is 0. The van der Waals surface area contributed by atoms with Crippen LogP contribution in [-0.2, 0) is 4.79 Å². The molecule has 114 valence electrons. The van der Waals surface area contributed by atoms with E-state index in [2.05, 4.69) is 0 Å². The first-order valence-electron chi connectivity index (χ1n) is 7.20. The SMILES string of the molecule is CC(C)Oc1cccc(N2CCCCC2C=O)c1[N+](=O)[O-]. The van der Waals surface area contributed by atoms with Crippen molar-refractivity contribution < 1.29 is 14.5 Å². The number of piperidine rings is 1. The number of nitrogens with zero attached hydrogens (tertiary/aromatic N) is 2. The third-order valence-corrected chi connectivity index (χ3v) is 3.54. The standard InChI is InChI=1S/C15H20N2O4/c1-11(2)21-14-8-5-7-13(15(14)17(19)20)16-9-4-3-6-12(16)10-18/h5,7-8,10-12H,3-4,6,9H2,1-2H3. The third-order valence-electron chi connectivity index (χ3n) is 3.54. The van der Waals surface area contributed by atoms with E-state index in [4.69, 9.17) is 4.74 Å². The Hall–Kier alpha value is -2.11. The molecule has 0 spiro atoms. The van der Waals surface area contributed by atoms with Gasteiger partial charge < -0.3 is 14.4 Å². The molecule has 0 N–H and O–H groups in total. The van der Waals surface area contributed by atoms with Gasteiger partial charge in [-0.1, -0.05) is 6.07 Å². The largest absolute Gasteiger partial charge is 0.484 e. The maximum absolute atomic E-state index is 11.5. The van der Waals surface area contributed by atoms with Gasteiger partial charge in [0, 0.05) is 6.54 Å². The molecule has 6 nitrogen and oxygen atoms in total. The zero-order valence-electron chi connectivity index (χ0n) is 12.3. The number of para-hydroxylation sites is 1. The second-order valence-corrected chi connectivity index (χ2v) is 5.44. The van der Waals surface area contributed by atoms with E-state index in [1.54, 1.807) is 18.2 Å². The molecule has 1 unspecified atom stereocenters. The van der Waals surface area contributed by atoms with Crippen molar-refractivity contribution in [1.29, 1.82) is 0 Å². The fraction of sp³-hybridized carbons (Fsp3) is 0.533. The highest BCUT2D eigenvalue weighted by Gasteiger charge is 2.30. The third kappa shape index (κ3) is 3.32. The average molecular weight is 292 g/mol. The summed E-state index contributed by atoms with van der Waals surface area (Å²) in [5.74, 6) is 0.253. The average Bonchev–Trinajstić information content (AvgIpc) is 2.46. The first-order chi connectivity index (χ1) is 10.0. The van der Waals surface area contributed by atoms with Crippen LogP contribution in [0.2, 0.25) is 0 Å². The van der Waals surface area contributed by atoms with Crippen LogP contribution >= 0.6 is 0 Å². The van der Waals surface area contributed by atoms with Crippen LogP contribution in [-0.4, -0.2) is 29.9 Å². The fourth-order valence-corrected chi connectivity index (χ4v) is 2.67. The molecule has 0 amide bonds. The van der Waals surface area contributed by atoms with Crippen LogP contribution in [0.3, 0.4) is 0 Å². The van der Waals surface area contributed by atoms with Crippen LogP contribution in [0.25, 0.3) is 0 Å². The highest BCUT2D eigenvalue weighted by atomic mass is 16.6. The molecule has 6 heteroatoms. The highest BCUT2D eigenvalue weighted by molar-refractivity contribution is 5.75. The first kappa shape index (κ1) is 15.3. The van der Waals surface area contributed by atoms with E-state index < -0.39 is 4.92 Å². The van der Waals surface area contributed by atoms with Gasteiger partial charge >= 0.3 is 5.69 Å². The molecule has 0 radical (unpaired) electrons. The van der Waals surface area contributed by atoms with Gasteiger partial charge in [-0.3, -0.25) is 10.1 Å². The molecule has 1 aliphatic heterocycles. The van der Waals surface area contributed by atoms with E-state index in [-0.39, 0.29) is 23.6 Å². The van der Waals surface area contributed by atoms with E-state index in [1.807, 2.05) is 18.7 Å². The summed E-state index contributed by atoms with van der Waals surface area (Å²) in [6, 6.07) is 4.72. The van der Waals surface area contributed by atoms with Crippen LogP contribution in [0, 0.1) is 10.1 Å². The maximum Gasteiger partial charge on any atom is 0.333 e. The normalized spacial score (nSPS) is 18.6. The summed E-state index contributed by atoms with van der Waals surface area (Å²) in [5.41, 5.74) is 0.412. The zero-order chi connectivity index (χ0) is 15.4. The number of anilines is 1. The summed E-state index contributed by atoms with van der Waals surface area (Å²) in [6.45, 7) is 4.30. The quantitative estimate of drug-likeness (QED) is 0.474. The number of benzene rings is 1. The Morgan fingerprint density at radius 2 is 2.19 bits per heavy atom. The summed E-state index contributed by atoms with van der Waals surface area (Å²) in [6.07, 6.45) is 3.35. The number of carbonyl (C=O) groups excluding carboxylic acids is 1. The number of rotatable bonds is 5. The first-order valence-corrected chi connectivity index (χ1v) is 7.20. The summed E-state index contributed by atoms with van der Waals surface area (Å²) >= 11 is 0. The predicted octanol–water partition coefficient (Wildman–Crippen LogP) is 2.94. The maximum atomic E-state index is 11.5. The Bertz CT molecular complexity index is 530. The van der Waals surface area contributed by atoms with Crippen molar-refractivity contribution >= 4 is 17.7 Å². The van der Waals surface area contributed by atoms with Gasteiger partial charge in [-0.25, -0.2) is 0 Å². The van der Waals surface area contributed by atoms with Gasteiger partial charge in [0.2, 0.25) is 0 Å². The molecule has 1 saturated heterocycles. The van der Waals surface area contributed by atoms with Crippen molar-refractivity contribution in [3.8, 4) is 5.75 Å². The monoisotopic (exact) mass is 292 g/mol. The smallest absolute Gasteiger partial charge is 0.333 e. The Morgan fingerprint density at radius 3 is 2.81 bits per heavy atom. The lowest BCUT2D eigenvalue weighted by Gasteiger charge is -2.34. The fourth-order valence-electron chi connectivity index (χ4n) is 2.67. The molecule has 1 fully saturated rings. The van der Waals surface area contributed by atoms with E-state index in [0.29, 0.717) is 12.2 Å². The highest BCUT2D eigenvalue weighted by Crippen LogP contribution is 2.39.